The smallest absolute Gasteiger partial charge is 0.145 e. The van der Waals surface area contributed by atoms with E-state index >= 15 is 0 Å². The van der Waals surface area contributed by atoms with Gasteiger partial charge in [-0.05, 0) is 165 Å². The fourth-order valence-corrected chi connectivity index (χ4v) is 11.9. The second-order valence-electron chi connectivity index (χ2n) is 20.2. The van der Waals surface area contributed by atoms with Crippen LogP contribution in [0.4, 0.5) is 28.4 Å². The van der Waals surface area contributed by atoms with E-state index in [2.05, 4.69) is 273 Å². The molecule has 0 aliphatic heterocycles. The Bertz CT molecular complexity index is 3870. The molecule has 0 fully saturated rings. The summed E-state index contributed by atoms with van der Waals surface area (Å²) in [6.45, 7) is 9.60. The summed E-state index contributed by atoms with van der Waals surface area (Å²) in [4.78, 5) is 14.9. The standard InChI is InChI=1S/C67H53N5/c1-66(2)56-30-18-17-27-51(56)54-41-58-55(42-57(54)66)63-53-29-16-15-28-52(53)62(43-59(63)67(58,3)4)70(49-37-33-44(34-38-49)64(68-5)71(46-21-9-6-10-22-46)47-23-11-7-12-24-47)50-39-35-45(36-40-50)65-69-60-31-19-20-32-61(60)72(65)48-25-13-8-14-26-48/h6-43H,1-5H3. The van der Waals surface area contributed by atoms with Crippen molar-refractivity contribution in [3.63, 3.8) is 0 Å². The lowest BCUT2D eigenvalue weighted by Gasteiger charge is -2.30. The van der Waals surface area contributed by atoms with Crippen LogP contribution in [-0.4, -0.2) is 22.4 Å². The molecule has 5 nitrogen and oxygen atoms in total. The van der Waals surface area contributed by atoms with Crippen molar-refractivity contribution in [3.8, 4) is 39.3 Å². The van der Waals surface area contributed by atoms with Crippen molar-refractivity contribution in [2.45, 2.75) is 38.5 Å². The first kappa shape index (κ1) is 43.2. The van der Waals surface area contributed by atoms with E-state index in [1.54, 1.807) is 0 Å². The average molecular weight is 928 g/mol. The summed E-state index contributed by atoms with van der Waals surface area (Å²) in [5.74, 6) is 1.76. The van der Waals surface area contributed by atoms with Gasteiger partial charge in [0.2, 0.25) is 0 Å². The van der Waals surface area contributed by atoms with E-state index in [4.69, 9.17) is 9.98 Å². The number of benzene rings is 10. The molecular weight excluding hydrogens is 875 g/mol. The van der Waals surface area contributed by atoms with Crippen LogP contribution in [0.25, 0.3) is 61.1 Å². The van der Waals surface area contributed by atoms with Crippen LogP contribution in [0.3, 0.4) is 0 Å². The van der Waals surface area contributed by atoms with Crippen molar-refractivity contribution in [1.82, 2.24) is 9.55 Å². The normalized spacial score (nSPS) is 13.9. The first-order valence-corrected chi connectivity index (χ1v) is 25.0. The lowest BCUT2D eigenvalue weighted by Crippen LogP contribution is -2.27. The Morgan fingerprint density at radius 3 is 1.68 bits per heavy atom. The van der Waals surface area contributed by atoms with Crippen molar-refractivity contribution >= 4 is 56.1 Å². The Kier molecular flexibility index (Phi) is 10.0. The summed E-state index contributed by atoms with van der Waals surface area (Å²) in [5.41, 5.74) is 21.0. The zero-order chi connectivity index (χ0) is 48.7. The summed E-state index contributed by atoms with van der Waals surface area (Å²) < 4.78 is 2.27. The average Bonchev–Trinajstić information content (AvgIpc) is 4.01. The minimum Gasteiger partial charge on any atom is -0.310 e. The fourth-order valence-electron chi connectivity index (χ4n) is 11.9. The van der Waals surface area contributed by atoms with E-state index in [1.807, 2.05) is 7.05 Å². The van der Waals surface area contributed by atoms with Gasteiger partial charge in [0.25, 0.3) is 0 Å². The molecule has 346 valence electrons. The van der Waals surface area contributed by atoms with E-state index in [9.17, 15) is 0 Å². The molecule has 0 atom stereocenters. The first-order valence-electron chi connectivity index (χ1n) is 25.0. The Labute approximate surface area is 421 Å². The number of hydrogen-bond acceptors (Lipinski definition) is 3. The van der Waals surface area contributed by atoms with Crippen LogP contribution in [0.2, 0.25) is 0 Å². The molecule has 2 aliphatic carbocycles. The van der Waals surface area contributed by atoms with Gasteiger partial charge < -0.3 is 4.90 Å². The van der Waals surface area contributed by atoms with Gasteiger partial charge in [0, 0.05) is 62.8 Å². The van der Waals surface area contributed by atoms with Gasteiger partial charge in [-0.1, -0.05) is 143 Å². The van der Waals surface area contributed by atoms with E-state index in [0.717, 1.165) is 67.9 Å². The molecule has 13 rings (SSSR count). The molecule has 2 aliphatic rings. The van der Waals surface area contributed by atoms with E-state index in [-0.39, 0.29) is 10.8 Å². The minimum atomic E-state index is -0.277. The molecular formula is C67H53N5. The number of nitrogens with zero attached hydrogens (tertiary/aromatic N) is 5. The molecule has 72 heavy (non-hydrogen) atoms. The van der Waals surface area contributed by atoms with Gasteiger partial charge in [0.1, 0.15) is 11.7 Å². The number of aliphatic imine (C=N–C) groups is 1. The molecule has 1 aromatic heterocycles. The number of para-hydroxylation sites is 5. The van der Waals surface area contributed by atoms with Crippen LogP contribution in [0, 0.1) is 0 Å². The van der Waals surface area contributed by atoms with Crippen molar-refractivity contribution in [3.05, 3.63) is 258 Å². The predicted octanol–water partition coefficient (Wildman–Crippen LogP) is 17.1. The maximum Gasteiger partial charge on any atom is 0.145 e. The van der Waals surface area contributed by atoms with Gasteiger partial charge in [0.05, 0.1) is 16.7 Å². The molecule has 0 amide bonds. The SMILES string of the molecule is CN=C(c1ccc(N(c2ccc(-c3nc4ccccc4n3-c3ccccc3)cc2)c2cc3c(c4ccccc24)-c2cc4c(cc2C3(C)C)-c2ccccc2C4(C)C)cc1)N(c1ccccc1)c1ccccc1. The third kappa shape index (κ3) is 6.68. The number of aromatic nitrogens is 2. The number of amidine groups is 1. The number of anilines is 5. The quantitative estimate of drug-likeness (QED) is 0.113. The second-order valence-corrected chi connectivity index (χ2v) is 20.2. The third-order valence-electron chi connectivity index (χ3n) is 15.4. The lowest BCUT2D eigenvalue weighted by atomic mass is 9.79. The summed E-state index contributed by atoms with van der Waals surface area (Å²) >= 11 is 0. The molecule has 0 saturated carbocycles. The molecule has 10 aromatic carbocycles. The lowest BCUT2D eigenvalue weighted by molar-refractivity contribution is 0.652. The molecule has 0 spiro atoms. The Hall–Kier alpha value is -8.80. The predicted molar refractivity (Wildman–Crippen MR) is 301 cm³/mol. The van der Waals surface area contributed by atoms with Crippen LogP contribution in [0.5, 0.6) is 0 Å². The monoisotopic (exact) mass is 927 g/mol. The highest BCUT2D eigenvalue weighted by Gasteiger charge is 2.43. The summed E-state index contributed by atoms with van der Waals surface area (Å²) in [5, 5.41) is 2.44. The molecule has 5 heteroatoms. The van der Waals surface area contributed by atoms with Crippen molar-refractivity contribution in [1.29, 1.82) is 0 Å². The van der Waals surface area contributed by atoms with Crippen LogP contribution < -0.4 is 9.80 Å². The van der Waals surface area contributed by atoms with Gasteiger partial charge in [-0.2, -0.15) is 0 Å². The molecule has 0 N–H and O–H groups in total. The van der Waals surface area contributed by atoms with E-state index in [0.29, 0.717) is 0 Å². The largest absolute Gasteiger partial charge is 0.310 e. The molecule has 0 radical (unpaired) electrons. The Morgan fingerprint density at radius 1 is 0.458 bits per heavy atom. The summed E-state index contributed by atoms with van der Waals surface area (Å²) in [6.07, 6.45) is 0. The van der Waals surface area contributed by atoms with E-state index < -0.39 is 0 Å². The number of rotatable bonds is 8. The zero-order valence-corrected chi connectivity index (χ0v) is 41.2. The van der Waals surface area contributed by atoms with Crippen LogP contribution >= 0.6 is 0 Å². The van der Waals surface area contributed by atoms with Gasteiger partial charge in [0.15, 0.2) is 0 Å². The van der Waals surface area contributed by atoms with Gasteiger partial charge in [-0.3, -0.25) is 14.5 Å². The summed E-state index contributed by atoms with van der Waals surface area (Å²) in [6, 6.07) is 83.4. The van der Waals surface area contributed by atoms with Gasteiger partial charge >= 0.3 is 0 Å². The molecule has 1 heterocycles. The zero-order valence-electron chi connectivity index (χ0n) is 41.2. The molecule has 0 bridgehead atoms. The minimum absolute atomic E-state index is 0.106. The maximum atomic E-state index is 5.24. The second kappa shape index (κ2) is 16.7. The topological polar surface area (TPSA) is 36.7 Å². The number of fused-ring (bicyclic) bond motifs is 9. The van der Waals surface area contributed by atoms with Crippen LogP contribution in [0.1, 0.15) is 55.5 Å². The molecule has 11 aromatic rings. The van der Waals surface area contributed by atoms with Crippen molar-refractivity contribution in [2.75, 3.05) is 16.8 Å². The first-order chi connectivity index (χ1) is 35.2. The highest BCUT2D eigenvalue weighted by Crippen LogP contribution is 2.59. The Morgan fingerprint density at radius 2 is 1.00 bits per heavy atom. The van der Waals surface area contributed by atoms with Crippen molar-refractivity contribution < 1.29 is 0 Å². The molecule has 0 unspecified atom stereocenters. The highest BCUT2D eigenvalue weighted by atomic mass is 15.2. The summed E-state index contributed by atoms with van der Waals surface area (Å²) in [7, 11) is 1.88. The highest BCUT2D eigenvalue weighted by molar-refractivity contribution is 6.15. The maximum absolute atomic E-state index is 5.24. The van der Waals surface area contributed by atoms with Crippen LogP contribution in [-0.2, 0) is 10.8 Å². The van der Waals surface area contributed by atoms with Crippen molar-refractivity contribution in [2.24, 2.45) is 4.99 Å². The number of imidazole rings is 1. The van der Waals surface area contributed by atoms with Crippen LogP contribution in [0.15, 0.2) is 236 Å². The molecule has 0 saturated heterocycles. The van der Waals surface area contributed by atoms with Gasteiger partial charge in [-0.25, -0.2) is 4.98 Å². The fraction of sp³-hybridized carbons (Fsp3) is 0.104. The Balaban J connectivity index is 0.990. The van der Waals surface area contributed by atoms with E-state index in [1.165, 1.54) is 55.3 Å². The number of hydrogen-bond donors (Lipinski definition) is 0. The third-order valence-corrected chi connectivity index (χ3v) is 15.4. The van der Waals surface area contributed by atoms with Gasteiger partial charge in [-0.15, -0.1) is 0 Å².